The van der Waals surface area contributed by atoms with Gasteiger partial charge in [0, 0.05) is 64.6 Å². The van der Waals surface area contributed by atoms with Crippen LogP contribution in [0.25, 0.3) is 10.9 Å². The second-order valence-electron chi connectivity index (χ2n) is 8.67. The molecule has 1 aromatic heterocycles. The molecule has 0 spiro atoms. The molecule has 0 unspecified atom stereocenters. The molecule has 0 radical (unpaired) electrons. The maximum Gasteiger partial charge on any atom is 0.0480 e. The average Bonchev–Trinajstić information content (AvgIpc) is 3.15. The molecule has 0 bridgehead atoms. The Labute approximate surface area is 163 Å². The van der Waals surface area contributed by atoms with Crippen molar-refractivity contribution in [2.75, 3.05) is 59.5 Å². The third kappa shape index (κ3) is 4.37. The molecule has 2 saturated heterocycles. The molecule has 1 N–H and O–H groups in total. The zero-order valence-electron chi connectivity index (χ0n) is 16.8. The number of likely N-dealkylation sites (tertiary alicyclic amines) is 1. The lowest BCUT2D eigenvalue weighted by molar-refractivity contribution is 0.165. The van der Waals surface area contributed by atoms with E-state index in [1.807, 2.05) is 0 Å². The summed E-state index contributed by atoms with van der Waals surface area (Å²) in [5.41, 5.74) is 2.67. The number of benzene rings is 1. The van der Waals surface area contributed by atoms with Gasteiger partial charge in [0.05, 0.1) is 0 Å². The third-order valence-corrected chi connectivity index (χ3v) is 6.55. The van der Waals surface area contributed by atoms with Crippen LogP contribution in [0.3, 0.4) is 0 Å². The van der Waals surface area contributed by atoms with Gasteiger partial charge in [0.1, 0.15) is 0 Å². The van der Waals surface area contributed by atoms with Gasteiger partial charge in [-0.1, -0.05) is 12.1 Å². The first-order chi connectivity index (χ1) is 13.1. The molecule has 2 atom stereocenters. The van der Waals surface area contributed by atoms with Gasteiger partial charge >= 0.3 is 0 Å². The predicted molar refractivity (Wildman–Crippen MR) is 111 cm³/mol. The van der Waals surface area contributed by atoms with Crippen molar-refractivity contribution in [3.05, 3.63) is 36.0 Å². The highest BCUT2D eigenvalue weighted by Gasteiger charge is 2.33. The Morgan fingerprint density at radius 1 is 0.963 bits per heavy atom. The van der Waals surface area contributed by atoms with E-state index in [4.69, 9.17) is 0 Å². The lowest BCUT2D eigenvalue weighted by Crippen LogP contribution is -2.36. The van der Waals surface area contributed by atoms with Gasteiger partial charge < -0.3 is 19.5 Å². The van der Waals surface area contributed by atoms with Gasteiger partial charge in [-0.05, 0) is 61.5 Å². The van der Waals surface area contributed by atoms with Gasteiger partial charge in [-0.25, -0.2) is 0 Å². The second-order valence-corrected chi connectivity index (χ2v) is 8.67. The Morgan fingerprint density at radius 2 is 1.81 bits per heavy atom. The molecule has 2 aliphatic heterocycles. The Bertz CT molecular complexity index is 758. The van der Waals surface area contributed by atoms with Gasteiger partial charge in [0.15, 0.2) is 0 Å². The predicted octanol–water partition coefficient (Wildman–Crippen LogP) is 1.86. The number of likely N-dealkylation sites (N-methyl/N-ethyl adjacent to an activating group) is 1. The first-order valence-corrected chi connectivity index (χ1v) is 10.4. The molecule has 4 rings (SSSR count). The van der Waals surface area contributed by atoms with Crippen LogP contribution in [0.5, 0.6) is 0 Å². The maximum atomic E-state index is 9.94. The van der Waals surface area contributed by atoms with E-state index >= 15 is 0 Å². The molecular weight excluding hydrogens is 336 g/mol. The molecule has 27 heavy (non-hydrogen) atoms. The van der Waals surface area contributed by atoms with Crippen molar-refractivity contribution in [2.24, 2.45) is 18.9 Å². The first-order valence-electron chi connectivity index (χ1n) is 10.4. The van der Waals surface area contributed by atoms with E-state index < -0.39 is 0 Å². The van der Waals surface area contributed by atoms with Gasteiger partial charge in [-0.2, -0.15) is 0 Å². The number of aliphatic hydroxyl groups is 1. The molecule has 0 amide bonds. The van der Waals surface area contributed by atoms with Gasteiger partial charge in [0.25, 0.3) is 0 Å². The van der Waals surface area contributed by atoms with Crippen LogP contribution in [0.15, 0.2) is 30.5 Å². The molecule has 2 aromatic rings. The zero-order chi connectivity index (χ0) is 18.8. The Morgan fingerprint density at radius 3 is 2.67 bits per heavy atom. The summed E-state index contributed by atoms with van der Waals surface area (Å²) in [6.45, 7) is 9.27. The minimum absolute atomic E-state index is 0.311. The monoisotopic (exact) mass is 370 g/mol. The van der Waals surface area contributed by atoms with E-state index in [-0.39, 0.29) is 0 Å². The number of aryl methyl sites for hydroxylation is 1. The summed E-state index contributed by atoms with van der Waals surface area (Å²) in [7, 11) is 4.33. The minimum Gasteiger partial charge on any atom is -0.396 e. The quantitative estimate of drug-likeness (QED) is 0.871. The summed E-state index contributed by atoms with van der Waals surface area (Å²) in [5.74, 6) is 0.988. The van der Waals surface area contributed by atoms with Crippen LogP contribution in [-0.4, -0.2) is 83.8 Å². The zero-order valence-corrected chi connectivity index (χ0v) is 16.8. The average molecular weight is 371 g/mol. The van der Waals surface area contributed by atoms with E-state index in [1.165, 1.54) is 36.0 Å². The van der Waals surface area contributed by atoms with Crippen molar-refractivity contribution in [1.29, 1.82) is 0 Å². The van der Waals surface area contributed by atoms with Gasteiger partial charge in [0.2, 0.25) is 0 Å². The summed E-state index contributed by atoms with van der Waals surface area (Å²) in [4.78, 5) is 7.60. The van der Waals surface area contributed by atoms with Crippen LogP contribution in [0.1, 0.15) is 12.0 Å². The summed E-state index contributed by atoms with van der Waals surface area (Å²) in [6.07, 6.45) is 3.38. The SMILES string of the molecule is CN1CCCN(C[C@@H]2CN(Cc3ccc4ccn(C)c4c3)C[C@@H]2CO)CC1. The van der Waals surface area contributed by atoms with Crippen molar-refractivity contribution in [3.8, 4) is 0 Å². The van der Waals surface area contributed by atoms with Crippen LogP contribution in [0, 0.1) is 11.8 Å². The van der Waals surface area contributed by atoms with Gasteiger partial charge in [-0.3, -0.25) is 4.90 Å². The normalized spacial score (nSPS) is 26.0. The molecule has 0 aliphatic carbocycles. The number of aliphatic hydroxyl groups excluding tert-OH is 1. The summed E-state index contributed by atoms with van der Waals surface area (Å²) in [6, 6.07) is 8.98. The molecule has 148 valence electrons. The molecule has 3 heterocycles. The maximum absolute atomic E-state index is 9.94. The van der Waals surface area contributed by atoms with Crippen LogP contribution in [0.4, 0.5) is 0 Å². The van der Waals surface area contributed by atoms with E-state index in [9.17, 15) is 5.11 Å². The molecular formula is C22H34N4O. The van der Waals surface area contributed by atoms with Crippen molar-refractivity contribution in [3.63, 3.8) is 0 Å². The van der Waals surface area contributed by atoms with Crippen molar-refractivity contribution in [1.82, 2.24) is 19.3 Å². The smallest absolute Gasteiger partial charge is 0.0480 e. The topological polar surface area (TPSA) is 34.9 Å². The Kier molecular flexibility index (Phi) is 5.83. The molecule has 5 nitrogen and oxygen atoms in total. The minimum atomic E-state index is 0.311. The molecule has 1 aromatic carbocycles. The summed E-state index contributed by atoms with van der Waals surface area (Å²) >= 11 is 0. The highest BCUT2D eigenvalue weighted by atomic mass is 16.3. The largest absolute Gasteiger partial charge is 0.396 e. The highest BCUT2D eigenvalue weighted by Crippen LogP contribution is 2.27. The van der Waals surface area contributed by atoms with E-state index in [0.29, 0.717) is 18.4 Å². The van der Waals surface area contributed by atoms with Crippen molar-refractivity contribution in [2.45, 2.75) is 13.0 Å². The lowest BCUT2D eigenvalue weighted by atomic mass is 9.96. The number of fused-ring (bicyclic) bond motifs is 1. The lowest BCUT2D eigenvalue weighted by Gasteiger charge is -2.26. The van der Waals surface area contributed by atoms with E-state index in [1.54, 1.807) is 0 Å². The Balaban J connectivity index is 1.38. The summed E-state index contributed by atoms with van der Waals surface area (Å²) in [5, 5.41) is 11.2. The Hall–Kier alpha value is -1.40. The van der Waals surface area contributed by atoms with Crippen molar-refractivity contribution < 1.29 is 5.11 Å². The van der Waals surface area contributed by atoms with Crippen LogP contribution >= 0.6 is 0 Å². The highest BCUT2D eigenvalue weighted by molar-refractivity contribution is 5.80. The van der Waals surface area contributed by atoms with E-state index in [2.05, 4.69) is 63.8 Å². The number of rotatable bonds is 5. The summed E-state index contributed by atoms with van der Waals surface area (Å²) < 4.78 is 2.19. The number of hydrogen-bond acceptors (Lipinski definition) is 4. The number of hydrogen-bond donors (Lipinski definition) is 1. The third-order valence-electron chi connectivity index (χ3n) is 6.55. The van der Waals surface area contributed by atoms with Gasteiger partial charge in [-0.15, -0.1) is 0 Å². The van der Waals surface area contributed by atoms with Crippen LogP contribution in [-0.2, 0) is 13.6 Å². The number of aromatic nitrogens is 1. The fraction of sp³-hybridized carbons (Fsp3) is 0.636. The number of nitrogens with zero attached hydrogens (tertiary/aromatic N) is 4. The molecule has 2 aliphatic rings. The van der Waals surface area contributed by atoms with Crippen LogP contribution in [0.2, 0.25) is 0 Å². The molecule has 5 heteroatoms. The standard InChI is InChI=1S/C22H34N4O/c1-23-7-3-8-25(11-10-23)14-20-15-26(16-21(20)17-27)13-18-4-5-19-6-9-24(2)22(19)12-18/h4-6,9,12,20-21,27H,3,7-8,10-11,13-17H2,1-2H3/t20-,21-/m1/s1. The molecule has 0 saturated carbocycles. The fourth-order valence-electron chi connectivity index (χ4n) is 4.86. The van der Waals surface area contributed by atoms with E-state index in [0.717, 1.165) is 39.3 Å². The van der Waals surface area contributed by atoms with Crippen molar-refractivity contribution >= 4 is 10.9 Å². The van der Waals surface area contributed by atoms with Crippen LogP contribution < -0.4 is 0 Å². The fourth-order valence-corrected chi connectivity index (χ4v) is 4.86. The second kappa shape index (κ2) is 8.31. The first kappa shape index (κ1) is 18.9. The molecule has 2 fully saturated rings.